The molecule has 2 heterocycles. The molecule has 0 atom stereocenters. The molecule has 0 aliphatic rings. The fourth-order valence-corrected chi connectivity index (χ4v) is 2.68. The normalized spacial score (nSPS) is 10.5. The number of nitrogens with two attached hydrogens (primary N) is 1. The van der Waals surface area contributed by atoms with Crippen molar-refractivity contribution in [1.82, 2.24) is 9.97 Å². The molecular weight excluding hydrogens is 350 g/mol. The van der Waals surface area contributed by atoms with Gasteiger partial charge in [0.05, 0.1) is 0 Å². The minimum Gasteiger partial charge on any atom is -0.456 e. The van der Waals surface area contributed by atoms with Crippen molar-refractivity contribution in [2.24, 2.45) is 0 Å². The highest BCUT2D eigenvalue weighted by molar-refractivity contribution is 7.14. The fraction of sp³-hybridized carbons (Fsp3) is 0.0625. The van der Waals surface area contributed by atoms with Crippen LogP contribution in [0.15, 0.2) is 41.9 Å². The van der Waals surface area contributed by atoms with Crippen molar-refractivity contribution < 1.29 is 18.3 Å². The van der Waals surface area contributed by atoms with Gasteiger partial charge in [-0.15, -0.1) is 11.3 Å². The molecule has 9 heteroatoms. The Bertz CT molecular complexity index is 896. The van der Waals surface area contributed by atoms with Gasteiger partial charge >= 0.3 is 5.97 Å². The molecule has 0 spiro atoms. The summed E-state index contributed by atoms with van der Waals surface area (Å²) >= 11 is 1.11. The average molecular weight is 362 g/mol. The number of hydrogen-bond donors (Lipinski definition) is 2. The van der Waals surface area contributed by atoms with Crippen LogP contribution in [0.4, 0.5) is 25.4 Å². The van der Waals surface area contributed by atoms with Gasteiger partial charge in [0.2, 0.25) is 0 Å². The Morgan fingerprint density at radius 3 is 2.72 bits per heavy atom. The van der Waals surface area contributed by atoms with Crippen molar-refractivity contribution >= 4 is 33.9 Å². The van der Waals surface area contributed by atoms with Crippen LogP contribution in [0, 0.1) is 11.6 Å². The van der Waals surface area contributed by atoms with E-state index in [9.17, 15) is 13.6 Å². The van der Waals surface area contributed by atoms with Crippen molar-refractivity contribution in [3.05, 3.63) is 64.8 Å². The van der Waals surface area contributed by atoms with E-state index in [1.807, 2.05) is 0 Å². The number of pyridine rings is 1. The van der Waals surface area contributed by atoms with E-state index in [0.29, 0.717) is 16.5 Å². The highest BCUT2D eigenvalue weighted by Gasteiger charge is 2.13. The predicted octanol–water partition coefficient (Wildman–Crippen LogP) is 3.50. The smallest absolute Gasteiger partial charge is 0.358 e. The van der Waals surface area contributed by atoms with Crippen LogP contribution >= 0.6 is 11.3 Å². The quantitative estimate of drug-likeness (QED) is 0.675. The third-order valence-corrected chi connectivity index (χ3v) is 3.80. The van der Waals surface area contributed by atoms with Gasteiger partial charge in [0.25, 0.3) is 0 Å². The van der Waals surface area contributed by atoms with Gasteiger partial charge < -0.3 is 15.8 Å². The van der Waals surface area contributed by atoms with Gasteiger partial charge in [-0.3, -0.25) is 0 Å². The summed E-state index contributed by atoms with van der Waals surface area (Å²) in [5, 5.41) is 4.53. The molecule has 0 aliphatic carbocycles. The van der Waals surface area contributed by atoms with E-state index < -0.39 is 17.6 Å². The molecule has 0 radical (unpaired) electrons. The zero-order chi connectivity index (χ0) is 17.8. The number of aromatic nitrogens is 2. The van der Waals surface area contributed by atoms with Crippen molar-refractivity contribution in [1.29, 1.82) is 0 Å². The molecule has 0 saturated heterocycles. The lowest BCUT2D eigenvalue weighted by atomic mass is 10.3. The molecule has 1 aromatic carbocycles. The van der Waals surface area contributed by atoms with Gasteiger partial charge in [-0.2, -0.15) is 0 Å². The minimum atomic E-state index is -0.713. The Morgan fingerprint density at radius 1 is 1.24 bits per heavy atom. The molecular formula is C16H12F2N4O2S. The summed E-state index contributed by atoms with van der Waals surface area (Å²) < 4.78 is 31.5. The molecule has 0 amide bonds. The maximum atomic E-state index is 13.2. The second kappa shape index (κ2) is 7.22. The molecule has 0 saturated carbocycles. The summed E-state index contributed by atoms with van der Waals surface area (Å²) in [5.74, 6) is -1.72. The minimum absolute atomic E-state index is 0.0287. The van der Waals surface area contributed by atoms with Gasteiger partial charge in [-0.25, -0.2) is 23.5 Å². The zero-order valence-electron chi connectivity index (χ0n) is 12.7. The lowest BCUT2D eigenvalue weighted by molar-refractivity contribution is 0.0466. The lowest BCUT2D eigenvalue weighted by Gasteiger charge is -2.04. The number of esters is 1. The standard InChI is InChI=1S/C16H12F2N4O2S/c17-10-4-11(18)6-12(5-10)21-16-22-13(8-25-16)15(23)24-7-9-1-2-20-14(19)3-9/h1-6,8H,7H2,(H2,19,20)(H,21,22). The summed E-state index contributed by atoms with van der Waals surface area (Å²) in [6.07, 6.45) is 1.52. The number of carbonyl (C=O) groups is 1. The van der Waals surface area contributed by atoms with E-state index >= 15 is 0 Å². The molecule has 0 fully saturated rings. The monoisotopic (exact) mass is 362 g/mol. The van der Waals surface area contributed by atoms with E-state index in [1.54, 1.807) is 12.1 Å². The summed E-state index contributed by atoms with van der Waals surface area (Å²) in [6, 6.07) is 6.28. The van der Waals surface area contributed by atoms with Crippen molar-refractivity contribution in [2.75, 3.05) is 11.1 Å². The molecule has 128 valence electrons. The number of halogens is 2. The highest BCUT2D eigenvalue weighted by atomic mass is 32.1. The Hall–Kier alpha value is -3.07. The number of anilines is 3. The Labute approximate surface area is 145 Å². The molecule has 3 N–H and O–H groups in total. The molecule has 3 rings (SSSR count). The van der Waals surface area contributed by atoms with E-state index in [4.69, 9.17) is 10.5 Å². The third kappa shape index (κ3) is 4.48. The molecule has 2 aromatic heterocycles. The first-order valence-electron chi connectivity index (χ1n) is 7.06. The Kier molecular flexibility index (Phi) is 4.85. The maximum Gasteiger partial charge on any atom is 0.358 e. The Morgan fingerprint density at radius 2 is 2.00 bits per heavy atom. The van der Waals surface area contributed by atoms with Gasteiger partial charge in [-0.1, -0.05) is 0 Å². The predicted molar refractivity (Wildman–Crippen MR) is 89.5 cm³/mol. The third-order valence-electron chi connectivity index (χ3n) is 3.04. The van der Waals surface area contributed by atoms with Gasteiger partial charge in [0.1, 0.15) is 24.1 Å². The first-order chi connectivity index (χ1) is 12.0. The van der Waals surface area contributed by atoms with E-state index in [-0.39, 0.29) is 18.0 Å². The molecule has 6 nitrogen and oxygen atoms in total. The van der Waals surface area contributed by atoms with Crippen LogP contribution in [-0.2, 0) is 11.3 Å². The fourth-order valence-electron chi connectivity index (χ4n) is 1.98. The van der Waals surface area contributed by atoms with Gasteiger partial charge in [0.15, 0.2) is 10.8 Å². The number of nitrogens with one attached hydrogen (secondary N) is 1. The molecule has 0 aliphatic heterocycles. The summed E-state index contributed by atoms with van der Waals surface area (Å²) in [4.78, 5) is 19.9. The van der Waals surface area contributed by atoms with Crippen LogP contribution in [0.5, 0.6) is 0 Å². The topological polar surface area (TPSA) is 90.1 Å². The first-order valence-corrected chi connectivity index (χ1v) is 7.94. The largest absolute Gasteiger partial charge is 0.456 e. The molecule has 25 heavy (non-hydrogen) atoms. The summed E-state index contributed by atoms with van der Waals surface area (Å²) in [5.41, 5.74) is 6.53. The first kappa shape index (κ1) is 16.8. The average Bonchev–Trinajstić information content (AvgIpc) is 3.00. The van der Waals surface area contributed by atoms with Gasteiger partial charge in [-0.05, 0) is 29.8 Å². The molecule has 0 unspecified atom stereocenters. The summed E-state index contributed by atoms with van der Waals surface area (Å²) in [7, 11) is 0. The number of rotatable bonds is 5. The van der Waals surface area contributed by atoms with Crippen molar-refractivity contribution in [3.63, 3.8) is 0 Å². The number of benzene rings is 1. The number of ether oxygens (including phenoxy) is 1. The second-order valence-electron chi connectivity index (χ2n) is 4.99. The van der Waals surface area contributed by atoms with Crippen LogP contribution in [0.1, 0.15) is 16.1 Å². The number of carbonyl (C=O) groups excluding carboxylic acids is 1. The Balaban J connectivity index is 1.63. The number of thiazole rings is 1. The van der Waals surface area contributed by atoms with Crippen LogP contribution < -0.4 is 11.1 Å². The van der Waals surface area contributed by atoms with E-state index in [2.05, 4.69) is 15.3 Å². The van der Waals surface area contributed by atoms with Crippen molar-refractivity contribution in [2.45, 2.75) is 6.61 Å². The van der Waals surface area contributed by atoms with Gasteiger partial charge in [0, 0.05) is 23.3 Å². The number of hydrogen-bond acceptors (Lipinski definition) is 7. The molecule has 0 bridgehead atoms. The highest BCUT2D eigenvalue weighted by Crippen LogP contribution is 2.23. The van der Waals surface area contributed by atoms with Crippen molar-refractivity contribution in [3.8, 4) is 0 Å². The second-order valence-corrected chi connectivity index (χ2v) is 5.84. The SMILES string of the molecule is Nc1cc(COC(=O)c2csc(Nc3cc(F)cc(F)c3)n2)ccn1. The van der Waals surface area contributed by atoms with Crippen LogP contribution in [0.25, 0.3) is 0 Å². The van der Waals surface area contributed by atoms with E-state index in [1.165, 1.54) is 11.6 Å². The number of nitrogen functional groups attached to an aromatic ring is 1. The van der Waals surface area contributed by atoms with Crippen LogP contribution in [0.2, 0.25) is 0 Å². The van der Waals surface area contributed by atoms with Crippen LogP contribution in [0.3, 0.4) is 0 Å². The number of nitrogens with zero attached hydrogens (tertiary/aromatic N) is 2. The van der Waals surface area contributed by atoms with Crippen LogP contribution in [-0.4, -0.2) is 15.9 Å². The lowest BCUT2D eigenvalue weighted by Crippen LogP contribution is -2.06. The van der Waals surface area contributed by atoms with E-state index in [0.717, 1.165) is 29.5 Å². The maximum absolute atomic E-state index is 13.2. The molecule has 3 aromatic rings. The zero-order valence-corrected chi connectivity index (χ0v) is 13.5. The summed E-state index contributed by atoms with van der Waals surface area (Å²) in [6.45, 7) is 0.0287.